The van der Waals surface area contributed by atoms with Gasteiger partial charge in [-0.2, -0.15) is 0 Å². The molecule has 0 amide bonds. The largest absolute Gasteiger partial charge is 0.330 e. The quantitative estimate of drug-likeness (QED) is 0.584. The van der Waals surface area contributed by atoms with Crippen LogP contribution < -0.4 is 11.5 Å². The third-order valence-electron chi connectivity index (χ3n) is 0.714. The molecule has 2 nitrogen and oxygen atoms in total. The monoisotopic (exact) mass is 351 g/mol. The van der Waals surface area contributed by atoms with Crippen LogP contribution in [0.4, 0.5) is 0 Å². The van der Waals surface area contributed by atoms with Gasteiger partial charge in [0.15, 0.2) is 4.46 Å². The SMILES string of the molecule is NCCCC(N)(Cl)Cl.[Pt]. The molecule has 0 saturated carbocycles. The molecule has 0 aliphatic rings. The summed E-state index contributed by atoms with van der Waals surface area (Å²) in [7, 11) is 0. The molecule has 0 aromatic carbocycles. The Morgan fingerprint density at radius 2 is 1.78 bits per heavy atom. The Morgan fingerprint density at radius 1 is 1.33 bits per heavy atom. The maximum atomic E-state index is 5.40. The molecule has 0 heterocycles. The summed E-state index contributed by atoms with van der Waals surface area (Å²) in [4.78, 5) is 0. The second-order valence-electron chi connectivity index (χ2n) is 1.65. The van der Waals surface area contributed by atoms with Crippen molar-refractivity contribution in [3.05, 3.63) is 0 Å². The van der Waals surface area contributed by atoms with E-state index in [2.05, 4.69) is 0 Å². The summed E-state index contributed by atoms with van der Waals surface area (Å²) in [5.41, 5.74) is 10.4. The summed E-state index contributed by atoms with van der Waals surface area (Å²) in [5.74, 6) is 0. The average molecular weight is 352 g/mol. The molecular weight excluding hydrogens is 342 g/mol. The van der Waals surface area contributed by atoms with Gasteiger partial charge >= 0.3 is 0 Å². The molecule has 0 aliphatic carbocycles. The maximum absolute atomic E-state index is 5.40. The third-order valence-corrected chi connectivity index (χ3v) is 1.09. The predicted molar refractivity (Wildman–Crippen MR) is 36.9 cm³/mol. The van der Waals surface area contributed by atoms with Crippen LogP contribution in [0.15, 0.2) is 0 Å². The minimum atomic E-state index is -1.08. The van der Waals surface area contributed by atoms with Gasteiger partial charge in [-0.1, -0.05) is 23.2 Å². The molecule has 0 aromatic rings. The van der Waals surface area contributed by atoms with Gasteiger partial charge in [0.2, 0.25) is 0 Å². The van der Waals surface area contributed by atoms with E-state index < -0.39 is 4.46 Å². The van der Waals surface area contributed by atoms with Crippen molar-refractivity contribution in [3.63, 3.8) is 0 Å². The zero-order valence-electron chi connectivity index (χ0n) is 4.85. The maximum Gasteiger partial charge on any atom is 0.166 e. The summed E-state index contributed by atoms with van der Waals surface area (Å²) in [6, 6.07) is 0. The van der Waals surface area contributed by atoms with Crippen LogP contribution in [0.2, 0.25) is 0 Å². The van der Waals surface area contributed by atoms with E-state index >= 15 is 0 Å². The molecule has 0 aliphatic heterocycles. The summed E-state index contributed by atoms with van der Waals surface area (Å²) < 4.78 is -1.08. The number of hydrogen-bond donors (Lipinski definition) is 2. The average Bonchev–Trinajstić information content (AvgIpc) is 1.59. The fourth-order valence-electron chi connectivity index (χ4n) is 0.338. The molecule has 0 unspecified atom stereocenters. The summed E-state index contributed by atoms with van der Waals surface area (Å²) in [6.45, 7) is 0.582. The van der Waals surface area contributed by atoms with Crippen LogP contribution >= 0.6 is 23.2 Å². The Hall–Kier alpha value is 1.19. The first-order chi connectivity index (χ1) is 3.56. The van der Waals surface area contributed by atoms with Gasteiger partial charge < -0.3 is 11.5 Å². The van der Waals surface area contributed by atoms with Gasteiger partial charge in [0.05, 0.1) is 0 Å². The smallest absolute Gasteiger partial charge is 0.166 e. The molecule has 0 aromatic heterocycles. The Bertz CT molecular complexity index is 64.1. The fourth-order valence-corrected chi connectivity index (χ4v) is 0.605. The normalized spacial score (nSPS) is 10.7. The third kappa shape index (κ3) is 12.4. The van der Waals surface area contributed by atoms with Crippen LogP contribution in [-0.2, 0) is 21.1 Å². The predicted octanol–water partition coefficient (Wildman–Crippen LogP) is 0.813. The topological polar surface area (TPSA) is 52.0 Å². The van der Waals surface area contributed by atoms with Crippen LogP contribution in [0.25, 0.3) is 0 Å². The minimum absolute atomic E-state index is 0. The van der Waals surface area contributed by atoms with Crippen molar-refractivity contribution in [2.45, 2.75) is 17.3 Å². The fraction of sp³-hybridized carbons (Fsp3) is 1.00. The van der Waals surface area contributed by atoms with E-state index in [1.54, 1.807) is 0 Å². The van der Waals surface area contributed by atoms with E-state index in [1.807, 2.05) is 0 Å². The second-order valence-corrected chi connectivity index (χ2v) is 3.20. The first-order valence-electron chi connectivity index (χ1n) is 2.43. The van der Waals surface area contributed by atoms with Crippen LogP contribution in [-0.4, -0.2) is 11.0 Å². The van der Waals surface area contributed by atoms with Crippen molar-refractivity contribution in [1.29, 1.82) is 0 Å². The van der Waals surface area contributed by atoms with Crippen molar-refractivity contribution in [2.75, 3.05) is 6.54 Å². The Kier molecular flexibility index (Phi) is 8.46. The van der Waals surface area contributed by atoms with Gasteiger partial charge in [0.25, 0.3) is 0 Å². The molecule has 0 bridgehead atoms. The molecular formula is C4H10Cl2N2Pt. The van der Waals surface area contributed by atoms with E-state index in [4.69, 9.17) is 34.7 Å². The van der Waals surface area contributed by atoms with E-state index in [0.29, 0.717) is 13.0 Å². The molecule has 5 heteroatoms. The van der Waals surface area contributed by atoms with Gasteiger partial charge in [0.1, 0.15) is 0 Å². The van der Waals surface area contributed by atoms with Gasteiger partial charge in [-0.15, -0.1) is 0 Å². The number of alkyl halides is 2. The van der Waals surface area contributed by atoms with E-state index in [9.17, 15) is 0 Å². The number of rotatable bonds is 3. The molecule has 0 saturated heterocycles. The van der Waals surface area contributed by atoms with E-state index in [0.717, 1.165) is 6.42 Å². The van der Waals surface area contributed by atoms with E-state index in [1.165, 1.54) is 0 Å². The van der Waals surface area contributed by atoms with Crippen LogP contribution in [0.3, 0.4) is 0 Å². The van der Waals surface area contributed by atoms with Gasteiger partial charge in [0, 0.05) is 21.1 Å². The molecule has 0 rings (SSSR count). The van der Waals surface area contributed by atoms with Gasteiger partial charge in [-0.3, -0.25) is 0 Å². The Morgan fingerprint density at radius 3 is 1.89 bits per heavy atom. The molecule has 0 fully saturated rings. The van der Waals surface area contributed by atoms with Crippen molar-refractivity contribution < 1.29 is 21.1 Å². The molecule has 4 N–H and O–H groups in total. The Balaban J connectivity index is 0. The number of hydrogen-bond acceptors (Lipinski definition) is 2. The van der Waals surface area contributed by atoms with Crippen molar-refractivity contribution in [1.82, 2.24) is 0 Å². The van der Waals surface area contributed by atoms with Gasteiger partial charge in [-0.05, 0) is 19.4 Å². The van der Waals surface area contributed by atoms with Crippen LogP contribution in [0, 0.1) is 0 Å². The zero-order chi connectivity index (χ0) is 6.62. The van der Waals surface area contributed by atoms with Crippen molar-refractivity contribution in [2.24, 2.45) is 11.5 Å². The first-order valence-corrected chi connectivity index (χ1v) is 3.18. The van der Waals surface area contributed by atoms with Gasteiger partial charge in [-0.25, -0.2) is 0 Å². The summed E-state index contributed by atoms with van der Waals surface area (Å²) in [5, 5.41) is 0. The van der Waals surface area contributed by atoms with Crippen LogP contribution in [0.1, 0.15) is 12.8 Å². The van der Waals surface area contributed by atoms with Crippen LogP contribution in [0.5, 0.6) is 0 Å². The zero-order valence-corrected chi connectivity index (χ0v) is 8.63. The first kappa shape index (κ1) is 12.8. The molecule has 60 valence electrons. The Labute approximate surface area is 79.5 Å². The standard InChI is InChI=1S/C4H10Cl2N2.Pt/c5-4(6,8)2-1-3-7;/h1-3,7-8H2;. The van der Waals surface area contributed by atoms with Crippen molar-refractivity contribution in [3.8, 4) is 0 Å². The van der Waals surface area contributed by atoms with E-state index in [-0.39, 0.29) is 21.1 Å². The minimum Gasteiger partial charge on any atom is -0.330 e. The summed E-state index contributed by atoms with van der Waals surface area (Å²) >= 11 is 10.8. The molecule has 0 spiro atoms. The molecule has 9 heavy (non-hydrogen) atoms. The summed E-state index contributed by atoms with van der Waals surface area (Å²) in [6.07, 6.45) is 1.32. The number of nitrogens with two attached hydrogens (primary N) is 2. The molecule has 0 radical (unpaired) electrons. The molecule has 0 atom stereocenters. The van der Waals surface area contributed by atoms with Crippen molar-refractivity contribution >= 4 is 23.2 Å². The number of halogens is 2. The second kappa shape index (κ2) is 5.93.